The van der Waals surface area contributed by atoms with Gasteiger partial charge in [0.2, 0.25) is 5.91 Å². The summed E-state index contributed by atoms with van der Waals surface area (Å²) in [5, 5.41) is 2.54. The number of amides is 2. The Kier molecular flexibility index (Phi) is 5.21. The molecule has 1 heterocycles. The summed E-state index contributed by atoms with van der Waals surface area (Å²) in [6.45, 7) is 2.51. The molecule has 1 unspecified atom stereocenters. The number of hydrogen-bond donors (Lipinski definition) is 1. The third-order valence-corrected chi connectivity index (χ3v) is 4.58. The number of benzene rings is 2. The van der Waals surface area contributed by atoms with Gasteiger partial charge in [0, 0.05) is 31.1 Å². The minimum atomic E-state index is -4.60. The highest BCUT2D eigenvalue weighted by molar-refractivity contribution is 5.97. The molecule has 1 saturated heterocycles. The molecule has 0 aliphatic carbocycles. The number of rotatable bonds is 4. The average Bonchev–Trinajstić information content (AvgIpc) is 3.00. The van der Waals surface area contributed by atoms with Gasteiger partial charge in [0.15, 0.2) is 0 Å². The molecule has 1 fully saturated rings. The Bertz CT molecular complexity index is 847. The first-order chi connectivity index (χ1) is 12.8. The van der Waals surface area contributed by atoms with E-state index >= 15 is 0 Å². The molecule has 2 aromatic rings. The van der Waals surface area contributed by atoms with Crippen LogP contribution in [0.1, 0.15) is 27.9 Å². The molecule has 0 spiro atoms. The zero-order valence-corrected chi connectivity index (χ0v) is 14.7. The second-order valence-electron chi connectivity index (χ2n) is 6.66. The second-order valence-corrected chi connectivity index (χ2v) is 6.66. The number of nitrogens with one attached hydrogen (secondary N) is 1. The Morgan fingerprint density at radius 2 is 1.81 bits per heavy atom. The van der Waals surface area contributed by atoms with Crippen molar-refractivity contribution >= 4 is 17.5 Å². The summed E-state index contributed by atoms with van der Waals surface area (Å²) in [6, 6.07) is 12.2. The Labute approximate surface area is 155 Å². The van der Waals surface area contributed by atoms with Crippen LogP contribution in [0.5, 0.6) is 0 Å². The van der Waals surface area contributed by atoms with Crippen LogP contribution in [0.15, 0.2) is 48.5 Å². The molecule has 7 heteroatoms. The molecular weight excluding hydrogens is 357 g/mol. The molecule has 0 radical (unpaired) electrons. The zero-order valence-electron chi connectivity index (χ0n) is 14.7. The number of anilines is 1. The topological polar surface area (TPSA) is 49.4 Å². The van der Waals surface area contributed by atoms with Crippen LogP contribution in [0.3, 0.4) is 0 Å². The minimum Gasteiger partial charge on any atom is -0.352 e. The summed E-state index contributed by atoms with van der Waals surface area (Å²) in [5.41, 5.74) is 0.482. The van der Waals surface area contributed by atoms with Crippen LogP contribution in [0, 0.1) is 12.8 Å². The fourth-order valence-corrected chi connectivity index (χ4v) is 3.15. The quantitative estimate of drug-likeness (QED) is 0.883. The highest BCUT2D eigenvalue weighted by Crippen LogP contribution is 2.32. The number of carbonyl (C=O) groups is 2. The van der Waals surface area contributed by atoms with Crippen molar-refractivity contribution < 1.29 is 22.8 Å². The van der Waals surface area contributed by atoms with Crippen molar-refractivity contribution in [3.8, 4) is 0 Å². The zero-order chi connectivity index (χ0) is 19.6. The first kappa shape index (κ1) is 18.9. The van der Waals surface area contributed by atoms with Gasteiger partial charge in [0.05, 0.1) is 11.1 Å². The van der Waals surface area contributed by atoms with E-state index in [1.807, 2.05) is 31.2 Å². The molecule has 0 saturated carbocycles. The van der Waals surface area contributed by atoms with Crippen molar-refractivity contribution in [3.63, 3.8) is 0 Å². The summed E-state index contributed by atoms with van der Waals surface area (Å²) in [4.78, 5) is 26.1. The van der Waals surface area contributed by atoms with E-state index in [9.17, 15) is 22.8 Å². The number of hydrogen-bond acceptors (Lipinski definition) is 2. The van der Waals surface area contributed by atoms with Crippen molar-refractivity contribution in [3.05, 3.63) is 65.2 Å². The van der Waals surface area contributed by atoms with Gasteiger partial charge >= 0.3 is 6.18 Å². The summed E-state index contributed by atoms with van der Waals surface area (Å²) in [6.07, 6.45) is -4.35. The van der Waals surface area contributed by atoms with Gasteiger partial charge in [-0.25, -0.2) is 0 Å². The predicted molar refractivity (Wildman–Crippen MR) is 95.4 cm³/mol. The van der Waals surface area contributed by atoms with Gasteiger partial charge in [-0.15, -0.1) is 0 Å². The van der Waals surface area contributed by atoms with Gasteiger partial charge in [-0.3, -0.25) is 9.59 Å². The second kappa shape index (κ2) is 7.42. The van der Waals surface area contributed by atoms with Crippen molar-refractivity contribution in [2.75, 3.05) is 18.0 Å². The summed E-state index contributed by atoms with van der Waals surface area (Å²) < 4.78 is 39.1. The summed E-state index contributed by atoms with van der Waals surface area (Å²) in [5.74, 6) is -1.00. The van der Waals surface area contributed by atoms with E-state index in [4.69, 9.17) is 0 Å². The monoisotopic (exact) mass is 376 g/mol. The lowest BCUT2D eigenvalue weighted by Gasteiger charge is -2.17. The van der Waals surface area contributed by atoms with E-state index in [2.05, 4.69) is 5.32 Å². The van der Waals surface area contributed by atoms with Gasteiger partial charge in [0.25, 0.3) is 5.91 Å². The SMILES string of the molecule is Cc1ccc(N2CC(CNC(=O)c3ccccc3C(F)(F)F)CC2=O)cc1. The van der Waals surface area contributed by atoms with Crippen molar-refractivity contribution in [2.24, 2.45) is 5.92 Å². The van der Waals surface area contributed by atoms with Gasteiger partial charge in [-0.05, 0) is 31.2 Å². The fraction of sp³-hybridized carbons (Fsp3) is 0.300. The van der Waals surface area contributed by atoms with Crippen molar-refractivity contribution in [1.82, 2.24) is 5.32 Å². The van der Waals surface area contributed by atoms with E-state index < -0.39 is 23.2 Å². The lowest BCUT2D eigenvalue weighted by Crippen LogP contribution is -2.32. The number of alkyl halides is 3. The van der Waals surface area contributed by atoms with Gasteiger partial charge in [-0.2, -0.15) is 13.2 Å². The standard InChI is InChI=1S/C20H19F3N2O2/c1-13-6-8-15(9-7-13)25-12-14(10-18(25)26)11-24-19(27)16-4-2-3-5-17(16)20(21,22)23/h2-9,14H,10-12H2,1H3,(H,24,27). The number of carbonyl (C=O) groups excluding carboxylic acids is 2. The third kappa shape index (κ3) is 4.30. The van der Waals surface area contributed by atoms with Crippen molar-refractivity contribution in [1.29, 1.82) is 0 Å². The molecule has 2 aromatic carbocycles. The fourth-order valence-electron chi connectivity index (χ4n) is 3.15. The average molecular weight is 376 g/mol. The lowest BCUT2D eigenvalue weighted by molar-refractivity contribution is -0.138. The van der Waals surface area contributed by atoms with E-state index in [1.54, 1.807) is 4.90 Å². The first-order valence-corrected chi connectivity index (χ1v) is 8.57. The maximum absolute atomic E-state index is 13.0. The summed E-state index contributed by atoms with van der Waals surface area (Å²) >= 11 is 0. The van der Waals surface area contributed by atoms with Gasteiger partial charge in [0.1, 0.15) is 0 Å². The molecule has 1 aliphatic heterocycles. The molecule has 2 amide bonds. The number of aryl methyl sites for hydroxylation is 1. The molecule has 4 nitrogen and oxygen atoms in total. The highest BCUT2D eigenvalue weighted by Gasteiger charge is 2.35. The Morgan fingerprint density at radius 3 is 2.48 bits per heavy atom. The normalized spacial score (nSPS) is 17.3. The van der Waals surface area contributed by atoms with Crippen LogP contribution in [0.25, 0.3) is 0 Å². The van der Waals surface area contributed by atoms with Crippen LogP contribution in [-0.4, -0.2) is 24.9 Å². The van der Waals surface area contributed by atoms with Crippen LogP contribution in [-0.2, 0) is 11.0 Å². The van der Waals surface area contributed by atoms with Gasteiger partial charge < -0.3 is 10.2 Å². The summed E-state index contributed by atoms with van der Waals surface area (Å²) in [7, 11) is 0. The highest BCUT2D eigenvalue weighted by atomic mass is 19.4. The molecule has 27 heavy (non-hydrogen) atoms. The van der Waals surface area contributed by atoms with E-state index in [0.29, 0.717) is 6.54 Å². The molecule has 1 atom stereocenters. The molecule has 0 aromatic heterocycles. The largest absolute Gasteiger partial charge is 0.417 e. The van der Waals surface area contributed by atoms with Crippen LogP contribution >= 0.6 is 0 Å². The maximum Gasteiger partial charge on any atom is 0.417 e. The first-order valence-electron chi connectivity index (χ1n) is 8.57. The van der Waals surface area contributed by atoms with E-state index in [0.717, 1.165) is 23.4 Å². The number of halogens is 3. The van der Waals surface area contributed by atoms with Crippen molar-refractivity contribution in [2.45, 2.75) is 19.5 Å². The minimum absolute atomic E-state index is 0.0613. The molecule has 3 rings (SSSR count). The Morgan fingerprint density at radius 1 is 1.15 bits per heavy atom. The predicted octanol–water partition coefficient (Wildman–Crippen LogP) is 3.80. The van der Waals surface area contributed by atoms with Crippen LogP contribution in [0.4, 0.5) is 18.9 Å². The van der Waals surface area contributed by atoms with Crippen LogP contribution < -0.4 is 10.2 Å². The van der Waals surface area contributed by atoms with E-state index in [1.165, 1.54) is 12.1 Å². The molecule has 142 valence electrons. The number of nitrogens with zero attached hydrogens (tertiary/aromatic N) is 1. The van der Waals surface area contributed by atoms with Crippen LogP contribution in [0.2, 0.25) is 0 Å². The molecule has 1 aliphatic rings. The molecular formula is C20H19F3N2O2. The third-order valence-electron chi connectivity index (χ3n) is 4.58. The Hall–Kier alpha value is -2.83. The van der Waals surface area contributed by atoms with Gasteiger partial charge in [-0.1, -0.05) is 29.8 Å². The Balaban J connectivity index is 1.64. The smallest absolute Gasteiger partial charge is 0.352 e. The molecule has 0 bridgehead atoms. The molecule has 1 N–H and O–H groups in total. The maximum atomic E-state index is 13.0. The van der Waals surface area contributed by atoms with E-state index in [-0.39, 0.29) is 24.8 Å². The lowest BCUT2D eigenvalue weighted by atomic mass is 10.1.